The fourth-order valence-corrected chi connectivity index (χ4v) is 3.11. The van der Waals surface area contributed by atoms with Crippen molar-refractivity contribution in [2.24, 2.45) is 5.92 Å². The number of hydrogen-bond acceptors (Lipinski definition) is 2. The predicted octanol–water partition coefficient (Wildman–Crippen LogP) is 4.03. The number of Topliss-reactive ketones (excluding diaryl/α,β-unsaturated/α-hetero) is 1. The summed E-state index contributed by atoms with van der Waals surface area (Å²) in [5.74, 6) is -0.947. The summed E-state index contributed by atoms with van der Waals surface area (Å²) in [5.41, 5.74) is 2.77. The van der Waals surface area contributed by atoms with Crippen LogP contribution in [0.3, 0.4) is 0 Å². The molecule has 0 aromatic heterocycles. The summed E-state index contributed by atoms with van der Waals surface area (Å²) in [6.07, 6.45) is 7.31. The molecule has 114 valence electrons. The van der Waals surface area contributed by atoms with Crippen molar-refractivity contribution in [3.8, 4) is 0 Å². The Morgan fingerprint density at radius 3 is 2.62 bits per heavy atom. The number of carbonyl (C=O) groups is 2. The average molecular weight is 288 g/mol. The maximum absolute atomic E-state index is 12.4. The Morgan fingerprint density at radius 1 is 1.14 bits per heavy atom. The highest BCUT2D eigenvalue weighted by Crippen LogP contribution is 2.30. The maximum Gasteiger partial charge on any atom is 0.307 e. The molecule has 0 fully saturated rings. The molecule has 0 aliphatic heterocycles. The van der Waals surface area contributed by atoms with Gasteiger partial charge in [0.25, 0.3) is 0 Å². The lowest BCUT2D eigenvalue weighted by Crippen LogP contribution is -2.13. The molecule has 1 aliphatic carbocycles. The molecule has 21 heavy (non-hydrogen) atoms. The van der Waals surface area contributed by atoms with Crippen molar-refractivity contribution in [3.63, 3.8) is 0 Å². The van der Waals surface area contributed by atoms with Crippen LogP contribution in [0.15, 0.2) is 18.2 Å². The van der Waals surface area contributed by atoms with Crippen LogP contribution in [-0.4, -0.2) is 16.9 Å². The van der Waals surface area contributed by atoms with Crippen molar-refractivity contribution in [1.82, 2.24) is 0 Å². The van der Waals surface area contributed by atoms with Crippen LogP contribution in [0.5, 0.6) is 0 Å². The third-order valence-electron chi connectivity index (χ3n) is 4.35. The van der Waals surface area contributed by atoms with Gasteiger partial charge in [-0.1, -0.05) is 50.8 Å². The van der Waals surface area contributed by atoms with Crippen molar-refractivity contribution < 1.29 is 14.7 Å². The van der Waals surface area contributed by atoms with E-state index in [4.69, 9.17) is 5.11 Å². The van der Waals surface area contributed by atoms with Gasteiger partial charge in [-0.3, -0.25) is 9.59 Å². The first-order valence-corrected chi connectivity index (χ1v) is 8.00. The second kappa shape index (κ2) is 7.39. The SMILES string of the molecule is CCCCCCCC(=O)c1cccc2c1C[C@@H](C(=O)O)C2. The van der Waals surface area contributed by atoms with Gasteiger partial charge < -0.3 is 5.11 Å². The molecule has 1 aromatic rings. The van der Waals surface area contributed by atoms with Gasteiger partial charge in [-0.05, 0) is 30.4 Å². The number of ketones is 1. The number of carboxylic acid groups (broad SMARTS) is 1. The molecule has 0 radical (unpaired) electrons. The largest absolute Gasteiger partial charge is 0.481 e. The summed E-state index contributed by atoms with van der Waals surface area (Å²) in [7, 11) is 0. The van der Waals surface area contributed by atoms with E-state index in [-0.39, 0.29) is 11.7 Å². The number of rotatable bonds is 8. The van der Waals surface area contributed by atoms with Crippen molar-refractivity contribution in [1.29, 1.82) is 0 Å². The molecule has 0 saturated carbocycles. The van der Waals surface area contributed by atoms with Crippen LogP contribution in [-0.2, 0) is 17.6 Å². The Labute approximate surface area is 126 Å². The molecule has 1 aromatic carbocycles. The maximum atomic E-state index is 12.4. The first-order chi connectivity index (χ1) is 10.1. The minimum atomic E-state index is -0.760. The van der Waals surface area contributed by atoms with Gasteiger partial charge in [-0.15, -0.1) is 0 Å². The van der Waals surface area contributed by atoms with E-state index in [0.717, 1.165) is 29.5 Å². The molecule has 1 aliphatic rings. The van der Waals surface area contributed by atoms with Gasteiger partial charge >= 0.3 is 5.97 Å². The summed E-state index contributed by atoms with van der Waals surface area (Å²) in [4.78, 5) is 23.5. The molecular formula is C18H24O3. The lowest BCUT2D eigenvalue weighted by Gasteiger charge is -2.07. The summed E-state index contributed by atoms with van der Waals surface area (Å²) < 4.78 is 0. The molecule has 1 N–H and O–H groups in total. The monoisotopic (exact) mass is 288 g/mol. The highest BCUT2D eigenvalue weighted by Gasteiger charge is 2.29. The number of fused-ring (bicyclic) bond motifs is 1. The Bertz CT molecular complexity index is 519. The standard InChI is InChI=1S/C18H24O3/c1-2-3-4-5-6-10-17(19)15-9-7-8-13-11-14(18(20)21)12-16(13)15/h7-9,14H,2-6,10-12H2,1H3,(H,20,21)/t14-/m0/s1. The number of unbranched alkanes of at least 4 members (excludes halogenated alkanes) is 4. The Balaban J connectivity index is 1.97. The Kier molecular flexibility index (Phi) is 5.54. The van der Waals surface area contributed by atoms with Gasteiger partial charge in [0.2, 0.25) is 0 Å². The summed E-state index contributed by atoms with van der Waals surface area (Å²) in [5, 5.41) is 9.15. The zero-order chi connectivity index (χ0) is 15.2. The third kappa shape index (κ3) is 3.93. The van der Waals surface area contributed by atoms with Crippen LogP contribution in [0.1, 0.15) is 66.9 Å². The molecule has 0 amide bonds. The summed E-state index contributed by atoms with van der Waals surface area (Å²) in [6.45, 7) is 2.18. The first kappa shape index (κ1) is 15.7. The fourth-order valence-electron chi connectivity index (χ4n) is 3.11. The first-order valence-electron chi connectivity index (χ1n) is 8.00. The fraction of sp³-hybridized carbons (Fsp3) is 0.556. The predicted molar refractivity (Wildman–Crippen MR) is 82.7 cm³/mol. The van der Waals surface area contributed by atoms with Crippen LogP contribution >= 0.6 is 0 Å². The minimum Gasteiger partial charge on any atom is -0.481 e. The number of hydrogen-bond donors (Lipinski definition) is 1. The topological polar surface area (TPSA) is 54.4 Å². The van der Waals surface area contributed by atoms with Crippen LogP contribution in [0, 0.1) is 5.92 Å². The van der Waals surface area contributed by atoms with Crippen LogP contribution in [0.2, 0.25) is 0 Å². The van der Waals surface area contributed by atoms with Crippen molar-refractivity contribution in [2.45, 2.75) is 58.3 Å². The van der Waals surface area contributed by atoms with E-state index in [0.29, 0.717) is 19.3 Å². The van der Waals surface area contributed by atoms with Crippen LogP contribution in [0.25, 0.3) is 0 Å². The average Bonchev–Trinajstić information content (AvgIpc) is 2.91. The zero-order valence-electron chi connectivity index (χ0n) is 12.7. The number of carboxylic acids is 1. The molecule has 3 nitrogen and oxygen atoms in total. The third-order valence-corrected chi connectivity index (χ3v) is 4.35. The molecular weight excluding hydrogens is 264 g/mol. The van der Waals surface area contributed by atoms with Gasteiger partial charge in [0.05, 0.1) is 5.92 Å². The molecule has 3 heteroatoms. The second-order valence-corrected chi connectivity index (χ2v) is 5.97. The number of benzene rings is 1. The zero-order valence-corrected chi connectivity index (χ0v) is 12.7. The minimum absolute atomic E-state index is 0.175. The van der Waals surface area contributed by atoms with E-state index >= 15 is 0 Å². The van der Waals surface area contributed by atoms with E-state index < -0.39 is 5.97 Å². The van der Waals surface area contributed by atoms with Crippen LogP contribution in [0.4, 0.5) is 0 Å². The highest BCUT2D eigenvalue weighted by atomic mass is 16.4. The number of aliphatic carboxylic acids is 1. The van der Waals surface area contributed by atoms with Gasteiger partial charge in [-0.25, -0.2) is 0 Å². The van der Waals surface area contributed by atoms with E-state index in [2.05, 4.69) is 6.92 Å². The lowest BCUT2D eigenvalue weighted by molar-refractivity contribution is -0.141. The van der Waals surface area contributed by atoms with Crippen molar-refractivity contribution in [3.05, 3.63) is 34.9 Å². The smallest absolute Gasteiger partial charge is 0.307 e. The Morgan fingerprint density at radius 2 is 1.90 bits per heavy atom. The quantitative estimate of drug-likeness (QED) is 0.580. The van der Waals surface area contributed by atoms with E-state index in [1.807, 2.05) is 18.2 Å². The van der Waals surface area contributed by atoms with Gasteiger partial charge in [0, 0.05) is 12.0 Å². The molecule has 1 atom stereocenters. The summed E-state index contributed by atoms with van der Waals surface area (Å²) >= 11 is 0. The normalized spacial score (nSPS) is 16.7. The molecule has 0 bridgehead atoms. The van der Waals surface area contributed by atoms with Crippen molar-refractivity contribution in [2.75, 3.05) is 0 Å². The van der Waals surface area contributed by atoms with Gasteiger partial charge in [-0.2, -0.15) is 0 Å². The highest BCUT2D eigenvalue weighted by molar-refractivity contribution is 5.98. The van der Waals surface area contributed by atoms with E-state index in [1.54, 1.807) is 0 Å². The summed E-state index contributed by atoms with van der Waals surface area (Å²) in [6, 6.07) is 5.70. The second-order valence-electron chi connectivity index (χ2n) is 5.97. The van der Waals surface area contributed by atoms with Gasteiger partial charge in [0.1, 0.15) is 0 Å². The Hall–Kier alpha value is -1.64. The van der Waals surface area contributed by atoms with Crippen LogP contribution < -0.4 is 0 Å². The molecule has 0 unspecified atom stereocenters. The molecule has 0 saturated heterocycles. The molecule has 2 rings (SSSR count). The number of carbonyl (C=O) groups excluding carboxylic acids is 1. The van der Waals surface area contributed by atoms with Crippen molar-refractivity contribution >= 4 is 11.8 Å². The van der Waals surface area contributed by atoms with E-state index in [9.17, 15) is 9.59 Å². The molecule has 0 heterocycles. The van der Waals surface area contributed by atoms with E-state index in [1.165, 1.54) is 19.3 Å². The van der Waals surface area contributed by atoms with Gasteiger partial charge in [0.15, 0.2) is 5.78 Å². The molecule has 0 spiro atoms. The lowest BCUT2D eigenvalue weighted by atomic mass is 9.96.